The van der Waals surface area contributed by atoms with Crippen molar-refractivity contribution in [3.8, 4) is 0 Å². The largest absolute Gasteiger partial charge is 0.336 e. The van der Waals surface area contributed by atoms with Crippen LogP contribution in [0.1, 0.15) is 33.5 Å². The standard InChI is InChI=1S/C15H20ClN5OS/c1-9(12(22)18-11-7-5-6-10(16)8-11)23-14-20-19-13(21(14)17)15(2,3)4/h5-9H,17H2,1-4H3,(H,18,22)/t9-/m0/s1. The number of hydrogen-bond acceptors (Lipinski definition) is 5. The van der Waals surface area contributed by atoms with Gasteiger partial charge in [-0.05, 0) is 25.1 Å². The summed E-state index contributed by atoms with van der Waals surface area (Å²) in [4.78, 5) is 12.3. The van der Waals surface area contributed by atoms with Gasteiger partial charge >= 0.3 is 0 Å². The van der Waals surface area contributed by atoms with Crippen molar-refractivity contribution in [3.63, 3.8) is 0 Å². The van der Waals surface area contributed by atoms with E-state index in [1.54, 1.807) is 31.2 Å². The molecule has 0 aliphatic rings. The fourth-order valence-corrected chi connectivity index (χ4v) is 2.85. The Morgan fingerprint density at radius 2 is 2.09 bits per heavy atom. The van der Waals surface area contributed by atoms with Gasteiger partial charge in [-0.3, -0.25) is 4.79 Å². The first-order valence-corrected chi connectivity index (χ1v) is 8.38. The zero-order valence-electron chi connectivity index (χ0n) is 13.5. The van der Waals surface area contributed by atoms with Crippen LogP contribution >= 0.6 is 23.4 Å². The van der Waals surface area contributed by atoms with Crippen molar-refractivity contribution in [1.82, 2.24) is 14.9 Å². The molecule has 0 fully saturated rings. The highest BCUT2D eigenvalue weighted by Crippen LogP contribution is 2.26. The summed E-state index contributed by atoms with van der Waals surface area (Å²) in [7, 11) is 0. The molecule has 1 aromatic heterocycles. The highest BCUT2D eigenvalue weighted by Gasteiger charge is 2.25. The van der Waals surface area contributed by atoms with Gasteiger partial charge in [0.15, 0.2) is 5.82 Å². The molecule has 1 atom stereocenters. The monoisotopic (exact) mass is 353 g/mol. The molecule has 1 heterocycles. The van der Waals surface area contributed by atoms with Gasteiger partial charge in [0.05, 0.1) is 5.25 Å². The molecule has 3 N–H and O–H groups in total. The van der Waals surface area contributed by atoms with Crippen molar-refractivity contribution in [2.75, 3.05) is 11.2 Å². The molecule has 8 heteroatoms. The van der Waals surface area contributed by atoms with Gasteiger partial charge in [0.1, 0.15) is 0 Å². The van der Waals surface area contributed by atoms with Gasteiger partial charge in [0, 0.05) is 16.1 Å². The predicted octanol–water partition coefficient (Wildman–Crippen LogP) is 3.06. The maximum absolute atomic E-state index is 12.3. The summed E-state index contributed by atoms with van der Waals surface area (Å²) in [5.41, 5.74) is 0.437. The Hall–Kier alpha value is -1.73. The number of nitrogen functional groups attached to an aromatic ring is 1. The van der Waals surface area contributed by atoms with Crippen LogP contribution in [0.15, 0.2) is 29.4 Å². The Morgan fingerprint density at radius 1 is 1.39 bits per heavy atom. The molecule has 0 radical (unpaired) electrons. The SMILES string of the molecule is C[C@H](Sc1nnc(C(C)(C)C)n1N)C(=O)Nc1cccc(Cl)c1. The van der Waals surface area contributed by atoms with E-state index in [1.807, 2.05) is 20.8 Å². The van der Waals surface area contributed by atoms with Gasteiger partial charge in [0.25, 0.3) is 0 Å². The molecule has 0 saturated heterocycles. The number of thioether (sulfide) groups is 1. The molecule has 2 aromatic rings. The molecule has 1 aromatic carbocycles. The van der Waals surface area contributed by atoms with Crippen LogP contribution in [0.3, 0.4) is 0 Å². The van der Waals surface area contributed by atoms with Gasteiger partial charge in [-0.15, -0.1) is 10.2 Å². The second-order valence-electron chi connectivity index (χ2n) is 6.19. The van der Waals surface area contributed by atoms with Crippen molar-refractivity contribution in [1.29, 1.82) is 0 Å². The zero-order valence-corrected chi connectivity index (χ0v) is 15.1. The van der Waals surface area contributed by atoms with Gasteiger partial charge < -0.3 is 11.2 Å². The van der Waals surface area contributed by atoms with E-state index in [4.69, 9.17) is 17.4 Å². The Bertz CT molecular complexity index is 710. The summed E-state index contributed by atoms with van der Waals surface area (Å²) in [5, 5.41) is 11.7. The maximum atomic E-state index is 12.3. The van der Waals surface area contributed by atoms with Crippen LogP contribution in [0, 0.1) is 0 Å². The Kier molecular flexibility index (Phi) is 5.21. The lowest BCUT2D eigenvalue weighted by Gasteiger charge is -2.17. The van der Waals surface area contributed by atoms with Crippen LogP contribution < -0.4 is 11.2 Å². The van der Waals surface area contributed by atoms with Gasteiger partial charge in [-0.2, -0.15) is 0 Å². The maximum Gasteiger partial charge on any atom is 0.237 e. The third-order valence-corrected chi connectivity index (χ3v) is 4.37. The average Bonchev–Trinajstić information content (AvgIpc) is 2.80. The fraction of sp³-hybridized carbons (Fsp3) is 0.400. The smallest absolute Gasteiger partial charge is 0.237 e. The third-order valence-electron chi connectivity index (χ3n) is 3.08. The lowest BCUT2D eigenvalue weighted by atomic mass is 9.96. The summed E-state index contributed by atoms with van der Waals surface area (Å²) >= 11 is 7.17. The highest BCUT2D eigenvalue weighted by atomic mass is 35.5. The van der Waals surface area contributed by atoms with E-state index in [0.29, 0.717) is 21.7 Å². The summed E-state index contributed by atoms with van der Waals surface area (Å²) in [5.74, 6) is 6.55. The summed E-state index contributed by atoms with van der Waals surface area (Å²) in [6.07, 6.45) is 0. The number of nitrogens with zero attached hydrogens (tertiary/aromatic N) is 3. The molecule has 124 valence electrons. The molecular formula is C15H20ClN5OS. The first-order chi connectivity index (χ1) is 10.7. The number of nitrogens with two attached hydrogens (primary N) is 1. The minimum Gasteiger partial charge on any atom is -0.336 e. The molecule has 0 spiro atoms. The number of rotatable bonds is 4. The normalized spacial score (nSPS) is 12.9. The fourth-order valence-electron chi connectivity index (χ4n) is 1.89. The number of amides is 1. The minimum absolute atomic E-state index is 0.155. The molecule has 0 aliphatic heterocycles. The van der Waals surface area contributed by atoms with Crippen LogP contribution in [0.2, 0.25) is 5.02 Å². The zero-order chi connectivity index (χ0) is 17.2. The molecule has 0 saturated carbocycles. The summed E-state index contributed by atoms with van der Waals surface area (Å²) < 4.78 is 1.44. The summed E-state index contributed by atoms with van der Waals surface area (Å²) in [6, 6.07) is 7.01. The van der Waals surface area contributed by atoms with Crippen LogP contribution in [-0.2, 0) is 10.2 Å². The van der Waals surface area contributed by atoms with E-state index in [2.05, 4.69) is 15.5 Å². The Labute approximate surface area is 144 Å². The number of benzene rings is 1. The van der Waals surface area contributed by atoms with Gasteiger partial charge in [-0.1, -0.05) is 50.2 Å². The van der Waals surface area contributed by atoms with E-state index >= 15 is 0 Å². The quantitative estimate of drug-likeness (QED) is 0.651. The minimum atomic E-state index is -0.381. The lowest BCUT2D eigenvalue weighted by Crippen LogP contribution is -2.26. The van der Waals surface area contributed by atoms with Crippen molar-refractivity contribution in [3.05, 3.63) is 35.1 Å². The number of anilines is 1. The molecule has 0 unspecified atom stereocenters. The lowest BCUT2D eigenvalue weighted by molar-refractivity contribution is -0.115. The first kappa shape index (κ1) is 17.6. The van der Waals surface area contributed by atoms with E-state index in [-0.39, 0.29) is 16.6 Å². The van der Waals surface area contributed by atoms with Crippen LogP contribution in [0.25, 0.3) is 0 Å². The number of hydrogen-bond donors (Lipinski definition) is 2. The third kappa shape index (κ3) is 4.39. The summed E-state index contributed by atoms with van der Waals surface area (Å²) in [6.45, 7) is 7.80. The number of halogens is 1. The molecule has 1 amide bonds. The van der Waals surface area contributed by atoms with Crippen molar-refractivity contribution in [2.45, 2.75) is 43.5 Å². The van der Waals surface area contributed by atoms with E-state index in [0.717, 1.165) is 0 Å². The topological polar surface area (TPSA) is 85.8 Å². The molecule has 0 bridgehead atoms. The second kappa shape index (κ2) is 6.80. The second-order valence-corrected chi connectivity index (χ2v) is 7.93. The number of aromatic nitrogens is 3. The molecular weight excluding hydrogens is 334 g/mol. The average molecular weight is 354 g/mol. The number of carbonyl (C=O) groups excluding carboxylic acids is 1. The number of carbonyl (C=O) groups is 1. The number of nitrogens with one attached hydrogen (secondary N) is 1. The molecule has 2 rings (SSSR count). The van der Waals surface area contributed by atoms with Crippen LogP contribution in [0.4, 0.5) is 5.69 Å². The van der Waals surface area contributed by atoms with Crippen LogP contribution in [0.5, 0.6) is 0 Å². The van der Waals surface area contributed by atoms with Crippen molar-refractivity contribution in [2.24, 2.45) is 0 Å². The highest BCUT2D eigenvalue weighted by molar-refractivity contribution is 8.00. The predicted molar refractivity (Wildman–Crippen MR) is 94.3 cm³/mol. The van der Waals surface area contributed by atoms with Crippen LogP contribution in [-0.4, -0.2) is 26.0 Å². The molecule has 23 heavy (non-hydrogen) atoms. The van der Waals surface area contributed by atoms with E-state index in [9.17, 15) is 4.79 Å². The van der Waals surface area contributed by atoms with Crippen molar-refractivity contribution < 1.29 is 4.79 Å². The Morgan fingerprint density at radius 3 is 2.65 bits per heavy atom. The van der Waals surface area contributed by atoms with E-state index in [1.165, 1.54) is 16.4 Å². The van der Waals surface area contributed by atoms with Gasteiger partial charge in [0.2, 0.25) is 11.1 Å². The van der Waals surface area contributed by atoms with Gasteiger partial charge in [-0.25, -0.2) is 4.68 Å². The molecule has 0 aliphatic carbocycles. The first-order valence-electron chi connectivity index (χ1n) is 7.12. The molecule has 6 nitrogen and oxygen atoms in total. The Balaban J connectivity index is 2.06. The van der Waals surface area contributed by atoms with E-state index < -0.39 is 0 Å². The van der Waals surface area contributed by atoms with Crippen molar-refractivity contribution >= 4 is 35.0 Å².